The van der Waals surface area contributed by atoms with Gasteiger partial charge in [-0.1, -0.05) is 43.0 Å². The van der Waals surface area contributed by atoms with E-state index in [1.165, 1.54) is 11.1 Å². The predicted octanol–water partition coefficient (Wildman–Crippen LogP) is 4.43. The van der Waals surface area contributed by atoms with Crippen LogP contribution in [0, 0.1) is 0 Å². The van der Waals surface area contributed by atoms with Gasteiger partial charge in [-0.3, -0.25) is 0 Å². The van der Waals surface area contributed by atoms with Gasteiger partial charge >= 0.3 is 0 Å². The van der Waals surface area contributed by atoms with Crippen molar-refractivity contribution in [1.29, 1.82) is 0 Å². The molecule has 0 spiro atoms. The summed E-state index contributed by atoms with van der Waals surface area (Å²) in [5.74, 6) is 2.07. The molecule has 0 aromatic heterocycles. The molecule has 106 valence electrons. The number of allylic oxidation sites excluding steroid dienone is 4. The first kappa shape index (κ1) is 14.4. The minimum Gasteiger partial charge on any atom is -0.496 e. The summed E-state index contributed by atoms with van der Waals surface area (Å²) in [4.78, 5) is 0. The first-order valence-corrected chi connectivity index (χ1v) is 7.09. The number of ether oxygens (including phenoxy) is 2. The molecule has 0 saturated carbocycles. The first-order valence-electron chi connectivity index (χ1n) is 7.09. The zero-order valence-electron chi connectivity index (χ0n) is 12.1. The molecule has 0 bridgehead atoms. The lowest BCUT2D eigenvalue weighted by Crippen LogP contribution is -2.02. The van der Waals surface area contributed by atoms with E-state index in [0.29, 0.717) is 6.61 Å². The lowest BCUT2D eigenvalue weighted by atomic mass is 9.98. The van der Waals surface area contributed by atoms with Crippen LogP contribution in [0.15, 0.2) is 60.4 Å². The molecule has 1 aliphatic carbocycles. The van der Waals surface area contributed by atoms with Crippen LogP contribution in [0.4, 0.5) is 0 Å². The van der Waals surface area contributed by atoms with Gasteiger partial charge in [-0.2, -0.15) is 0 Å². The van der Waals surface area contributed by atoms with Crippen LogP contribution in [-0.2, 0) is 11.2 Å². The monoisotopic (exact) mass is 270 g/mol. The van der Waals surface area contributed by atoms with Crippen LogP contribution in [0.5, 0.6) is 5.75 Å². The summed E-state index contributed by atoms with van der Waals surface area (Å²) in [5, 5.41) is 0. The maximum Gasteiger partial charge on any atom is 0.122 e. The number of rotatable bonds is 7. The molecule has 0 radical (unpaired) electrons. The van der Waals surface area contributed by atoms with Crippen LogP contribution in [0.3, 0.4) is 0 Å². The highest BCUT2D eigenvalue weighted by atomic mass is 16.5. The minimum atomic E-state index is 0.585. The molecule has 0 atom stereocenters. The van der Waals surface area contributed by atoms with Crippen molar-refractivity contribution in [3.05, 3.63) is 66.0 Å². The fourth-order valence-corrected chi connectivity index (χ4v) is 2.42. The Morgan fingerprint density at radius 2 is 2.10 bits per heavy atom. The Morgan fingerprint density at radius 1 is 1.25 bits per heavy atom. The highest BCUT2D eigenvalue weighted by molar-refractivity contribution is 5.35. The van der Waals surface area contributed by atoms with Gasteiger partial charge in [-0.05, 0) is 36.5 Å². The molecule has 0 fully saturated rings. The zero-order valence-corrected chi connectivity index (χ0v) is 12.1. The van der Waals surface area contributed by atoms with Crippen molar-refractivity contribution < 1.29 is 9.47 Å². The van der Waals surface area contributed by atoms with Crippen molar-refractivity contribution >= 4 is 0 Å². The van der Waals surface area contributed by atoms with Crippen LogP contribution in [0.25, 0.3) is 0 Å². The predicted molar refractivity (Wildman–Crippen MR) is 82.9 cm³/mol. The Kier molecular flexibility index (Phi) is 5.48. The fourth-order valence-electron chi connectivity index (χ4n) is 2.42. The third-order valence-electron chi connectivity index (χ3n) is 3.45. The summed E-state index contributed by atoms with van der Waals surface area (Å²) in [6.45, 7) is 4.29. The van der Waals surface area contributed by atoms with Gasteiger partial charge in [0, 0.05) is 6.42 Å². The number of hydrogen-bond acceptors (Lipinski definition) is 2. The Labute approximate surface area is 121 Å². The Balaban J connectivity index is 2.05. The molecular weight excluding hydrogens is 248 g/mol. The highest BCUT2D eigenvalue weighted by Crippen LogP contribution is 2.26. The van der Waals surface area contributed by atoms with Crippen molar-refractivity contribution in [3.63, 3.8) is 0 Å². The molecule has 0 aliphatic heterocycles. The maximum absolute atomic E-state index is 5.77. The van der Waals surface area contributed by atoms with Crippen molar-refractivity contribution in [3.8, 4) is 5.75 Å². The van der Waals surface area contributed by atoms with E-state index < -0.39 is 0 Å². The Bertz CT molecular complexity index is 512. The molecule has 2 rings (SSSR count). The molecule has 0 saturated heterocycles. The summed E-state index contributed by atoms with van der Waals surface area (Å²) in [6.07, 6.45) is 10.2. The largest absolute Gasteiger partial charge is 0.496 e. The molecule has 2 heteroatoms. The number of aryl methyl sites for hydroxylation is 1. The second kappa shape index (κ2) is 7.59. The Morgan fingerprint density at radius 3 is 2.90 bits per heavy atom. The van der Waals surface area contributed by atoms with Crippen molar-refractivity contribution in [2.24, 2.45) is 0 Å². The van der Waals surface area contributed by atoms with E-state index in [1.807, 2.05) is 12.1 Å². The summed E-state index contributed by atoms with van der Waals surface area (Å²) in [6, 6.07) is 8.19. The van der Waals surface area contributed by atoms with Crippen molar-refractivity contribution in [1.82, 2.24) is 0 Å². The maximum atomic E-state index is 5.77. The summed E-state index contributed by atoms with van der Waals surface area (Å²) < 4.78 is 11.2. The average Bonchev–Trinajstić information content (AvgIpc) is 2.52. The van der Waals surface area contributed by atoms with E-state index in [0.717, 1.165) is 37.2 Å². The SMILES string of the molecule is C=CCOC1=C(CCc2ccccc2OC)C=CCC1. The Hall–Kier alpha value is -1.96. The van der Waals surface area contributed by atoms with Gasteiger partial charge in [0.05, 0.1) is 12.9 Å². The minimum absolute atomic E-state index is 0.585. The van der Waals surface area contributed by atoms with Gasteiger partial charge in [0.15, 0.2) is 0 Å². The molecule has 0 unspecified atom stereocenters. The van der Waals surface area contributed by atoms with E-state index in [1.54, 1.807) is 13.2 Å². The fraction of sp³-hybridized carbons (Fsp3) is 0.333. The van der Waals surface area contributed by atoms with E-state index >= 15 is 0 Å². The van der Waals surface area contributed by atoms with Crippen LogP contribution in [0.1, 0.15) is 24.8 Å². The smallest absolute Gasteiger partial charge is 0.122 e. The molecule has 1 aromatic rings. The van der Waals surface area contributed by atoms with E-state index in [-0.39, 0.29) is 0 Å². The molecule has 1 aromatic carbocycles. The van der Waals surface area contributed by atoms with Crippen LogP contribution in [0.2, 0.25) is 0 Å². The summed E-state index contributed by atoms with van der Waals surface area (Å²) in [5.41, 5.74) is 2.54. The number of methoxy groups -OCH3 is 1. The second-order valence-electron chi connectivity index (χ2n) is 4.80. The standard InChI is InChI=1S/C18H22O2/c1-3-14-20-18-11-7-5-9-16(18)13-12-15-8-4-6-10-17(15)19-2/h3-6,8-10H,1,7,11-14H2,2H3. The average molecular weight is 270 g/mol. The topological polar surface area (TPSA) is 18.5 Å². The van der Waals surface area contributed by atoms with Gasteiger partial charge < -0.3 is 9.47 Å². The zero-order chi connectivity index (χ0) is 14.2. The first-order chi connectivity index (χ1) is 9.85. The quantitative estimate of drug-likeness (QED) is 0.682. The van der Waals surface area contributed by atoms with Gasteiger partial charge in [0.1, 0.15) is 12.4 Å². The number of para-hydroxylation sites is 1. The molecule has 20 heavy (non-hydrogen) atoms. The van der Waals surface area contributed by atoms with E-state index in [2.05, 4.69) is 30.9 Å². The van der Waals surface area contributed by atoms with E-state index in [4.69, 9.17) is 9.47 Å². The van der Waals surface area contributed by atoms with Crippen molar-refractivity contribution in [2.45, 2.75) is 25.7 Å². The van der Waals surface area contributed by atoms with Crippen molar-refractivity contribution in [2.75, 3.05) is 13.7 Å². The van der Waals surface area contributed by atoms with Gasteiger partial charge in [0.2, 0.25) is 0 Å². The lowest BCUT2D eigenvalue weighted by molar-refractivity contribution is 0.231. The van der Waals surface area contributed by atoms with Crippen LogP contribution in [-0.4, -0.2) is 13.7 Å². The summed E-state index contributed by atoms with van der Waals surface area (Å²) >= 11 is 0. The molecule has 0 amide bonds. The second-order valence-corrected chi connectivity index (χ2v) is 4.80. The van der Waals surface area contributed by atoms with Crippen LogP contribution < -0.4 is 4.74 Å². The van der Waals surface area contributed by atoms with Crippen LogP contribution >= 0.6 is 0 Å². The van der Waals surface area contributed by atoms with Gasteiger partial charge in [-0.15, -0.1) is 0 Å². The molecular formula is C18H22O2. The third kappa shape index (κ3) is 3.77. The molecule has 0 heterocycles. The highest BCUT2D eigenvalue weighted by Gasteiger charge is 2.11. The number of hydrogen-bond donors (Lipinski definition) is 0. The molecule has 0 N–H and O–H groups in total. The number of benzene rings is 1. The molecule has 1 aliphatic rings. The molecule has 2 nitrogen and oxygen atoms in total. The van der Waals surface area contributed by atoms with E-state index in [9.17, 15) is 0 Å². The summed E-state index contributed by atoms with van der Waals surface area (Å²) in [7, 11) is 1.72. The lowest BCUT2D eigenvalue weighted by Gasteiger charge is -2.17. The third-order valence-corrected chi connectivity index (χ3v) is 3.45. The van der Waals surface area contributed by atoms with Gasteiger partial charge in [0.25, 0.3) is 0 Å². The van der Waals surface area contributed by atoms with Gasteiger partial charge in [-0.25, -0.2) is 0 Å². The normalized spacial score (nSPS) is 14.2.